The van der Waals surface area contributed by atoms with Gasteiger partial charge in [0.25, 0.3) is 5.91 Å². The van der Waals surface area contributed by atoms with Gasteiger partial charge in [0.05, 0.1) is 11.3 Å². The molecule has 21 heavy (non-hydrogen) atoms. The summed E-state index contributed by atoms with van der Waals surface area (Å²) in [5, 5.41) is 12.5. The second-order valence-electron chi connectivity index (χ2n) is 4.61. The van der Waals surface area contributed by atoms with Crippen LogP contribution in [0.2, 0.25) is 0 Å². The minimum atomic E-state index is -0.391. The molecule has 0 spiro atoms. The molecule has 0 bridgehead atoms. The molecule has 3 rings (SSSR count). The highest BCUT2D eigenvalue weighted by Gasteiger charge is 2.15. The van der Waals surface area contributed by atoms with Crippen molar-refractivity contribution in [2.24, 2.45) is 0 Å². The Morgan fingerprint density at radius 1 is 1.24 bits per heavy atom. The van der Waals surface area contributed by atoms with E-state index in [0.717, 1.165) is 5.56 Å². The number of ether oxygens (including phenoxy) is 2. The zero-order valence-electron chi connectivity index (χ0n) is 11.1. The highest BCUT2D eigenvalue weighted by Crippen LogP contribution is 2.32. The Morgan fingerprint density at radius 3 is 2.90 bits per heavy atom. The van der Waals surface area contributed by atoms with E-state index in [4.69, 9.17) is 15.2 Å². The summed E-state index contributed by atoms with van der Waals surface area (Å²) in [6.07, 6.45) is 0. The van der Waals surface area contributed by atoms with Crippen molar-refractivity contribution in [2.75, 3.05) is 12.5 Å². The van der Waals surface area contributed by atoms with Crippen molar-refractivity contribution in [3.8, 4) is 17.2 Å². The normalized spacial score (nSPS) is 12.2. The molecule has 0 aromatic heterocycles. The number of nitrogens with two attached hydrogens (primary N) is 1. The summed E-state index contributed by atoms with van der Waals surface area (Å²) >= 11 is 0. The van der Waals surface area contributed by atoms with E-state index in [0.29, 0.717) is 18.0 Å². The van der Waals surface area contributed by atoms with Crippen LogP contribution < -0.4 is 20.5 Å². The molecule has 0 fully saturated rings. The smallest absolute Gasteiger partial charge is 0.255 e. The number of nitrogen functional groups attached to an aromatic ring is 1. The van der Waals surface area contributed by atoms with Crippen molar-refractivity contribution in [2.45, 2.75) is 6.54 Å². The third-order valence-electron chi connectivity index (χ3n) is 3.20. The van der Waals surface area contributed by atoms with Crippen LogP contribution in [0.5, 0.6) is 17.2 Å². The van der Waals surface area contributed by atoms with E-state index in [1.54, 1.807) is 12.1 Å². The molecular weight excluding hydrogens is 272 g/mol. The molecule has 1 aliphatic rings. The Bertz CT molecular complexity index is 700. The second kappa shape index (κ2) is 5.24. The Balaban J connectivity index is 1.70. The number of hydrogen-bond donors (Lipinski definition) is 3. The van der Waals surface area contributed by atoms with Gasteiger partial charge in [-0.1, -0.05) is 12.1 Å². The Kier molecular flexibility index (Phi) is 3.27. The van der Waals surface area contributed by atoms with E-state index < -0.39 is 5.91 Å². The summed E-state index contributed by atoms with van der Waals surface area (Å²) in [4.78, 5) is 12.0. The number of carbonyl (C=O) groups excluding carboxylic acids is 1. The fraction of sp³-hybridized carbons (Fsp3) is 0.133. The van der Waals surface area contributed by atoms with Crippen molar-refractivity contribution < 1.29 is 19.4 Å². The lowest BCUT2D eigenvalue weighted by Gasteiger charge is -2.08. The highest BCUT2D eigenvalue weighted by molar-refractivity contribution is 5.98. The molecule has 0 saturated carbocycles. The number of phenols is 1. The number of aromatic hydroxyl groups is 1. The molecule has 0 saturated heterocycles. The van der Waals surface area contributed by atoms with Crippen LogP contribution in [0.1, 0.15) is 15.9 Å². The Morgan fingerprint density at radius 2 is 2.05 bits per heavy atom. The zero-order chi connectivity index (χ0) is 14.8. The molecule has 6 heteroatoms. The fourth-order valence-electron chi connectivity index (χ4n) is 2.07. The molecule has 0 radical (unpaired) electrons. The average molecular weight is 286 g/mol. The number of hydrogen-bond acceptors (Lipinski definition) is 5. The van der Waals surface area contributed by atoms with Gasteiger partial charge in [0.1, 0.15) is 0 Å². The van der Waals surface area contributed by atoms with Gasteiger partial charge < -0.3 is 25.6 Å². The number of amides is 1. The molecule has 1 heterocycles. The molecule has 2 aromatic carbocycles. The molecular formula is C15H14N2O4. The van der Waals surface area contributed by atoms with E-state index in [9.17, 15) is 9.90 Å². The molecule has 0 atom stereocenters. The first-order valence-corrected chi connectivity index (χ1v) is 6.39. The summed E-state index contributed by atoms with van der Waals surface area (Å²) < 4.78 is 10.5. The maximum absolute atomic E-state index is 12.0. The second-order valence-corrected chi connectivity index (χ2v) is 4.61. The van der Waals surface area contributed by atoms with Crippen LogP contribution in [0, 0.1) is 0 Å². The zero-order valence-corrected chi connectivity index (χ0v) is 11.1. The summed E-state index contributed by atoms with van der Waals surface area (Å²) in [6, 6.07) is 10.1. The maximum atomic E-state index is 12.0. The maximum Gasteiger partial charge on any atom is 0.255 e. The van der Waals surface area contributed by atoms with Crippen molar-refractivity contribution in [3.05, 3.63) is 47.5 Å². The number of benzene rings is 2. The molecule has 6 nitrogen and oxygen atoms in total. The van der Waals surface area contributed by atoms with E-state index in [1.807, 2.05) is 12.1 Å². The van der Waals surface area contributed by atoms with E-state index in [1.165, 1.54) is 12.1 Å². The molecule has 0 aliphatic carbocycles. The first-order chi connectivity index (χ1) is 10.1. The van der Waals surface area contributed by atoms with Gasteiger partial charge >= 0.3 is 0 Å². The lowest BCUT2D eigenvalue weighted by atomic mass is 10.1. The number of nitrogens with one attached hydrogen (secondary N) is 1. The van der Waals surface area contributed by atoms with Crippen LogP contribution in [0.4, 0.5) is 5.69 Å². The number of phenolic OH excluding ortho intramolecular Hbond substituents is 1. The van der Waals surface area contributed by atoms with Gasteiger partial charge in [-0.3, -0.25) is 4.79 Å². The predicted octanol–water partition coefficient (Wildman–Crippen LogP) is 1.63. The van der Waals surface area contributed by atoms with Gasteiger partial charge in [-0.2, -0.15) is 0 Å². The number of anilines is 1. The minimum Gasteiger partial charge on any atom is -0.505 e. The third-order valence-corrected chi connectivity index (χ3v) is 3.20. The van der Waals surface area contributed by atoms with Crippen molar-refractivity contribution in [1.29, 1.82) is 0 Å². The molecule has 108 valence electrons. The fourth-order valence-corrected chi connectivity index (χ4v) is 2.07. The molecule has 0 unspecified atom stereocenters. The van der Waals surface area contributed by atoms with E-state index >= 15 is 0 Å². The third kappa shape index (κ3) is 2.55. The van der Waals surface area contributed by atoms with E-state index in [-0.39, 0.29) is 23.8 Å². The summed E-state index contributed by atoms with van der Waals surface area (Å²) in [5.74, 6) is 0.755. The van der Waals surface area contributed by atoms with Crippen LogP contribution in [0.15, 0.2) is 36.4 Å². The molecule has 4 N–H and O–H groups in total. The SMILES string of the molecule is Nc1cccc(C(=O)NCc2ccc3c(c2)OCO3)c1O. The lowest BCUT2D eigenvalue weighted by molar-refractivity contribution is 0.0948. The van der Waals surface area contributed by atoms with Crippen molar-refractivity contribution in [3.63, 3.8) is 0 Å². The standard InChI is InChI=1S/C15H14N2O4/c16-11-3-1-2-10(14(11)18)15(19)17-7-9-4-5-12-13(6-9)21-8-20-12/h1-6,18H,7-8,16H2,(H,17,19). The molecule has 1 amide bonds. The average Bonchev–Trinajstić information content (AvgIpc) is 2.95. The first-order valence-electron chi connectivity index (χ1n) is 6.39. The van der Waals surface area contributed by atoms with Crippen LogP contribution in [0.3, 0.4) is 0 Å². The van der Waals surface area contributed by atoms with Gasteiger partial charge in [-0.25, -0.2) is 0 Å². The van der Waals surface area contributed by atoms with Crippen molar-refractivity contribution >= 4 is 11.6 Å². The van der Waals surface area contributed by atoms with Gasteiger partial charge in [-0.05, 0) is 29.8 Å². The van der Waals surface area contributed by atoms with Crippen LogP contribution in [-0.2, 0) is 6.54 Å². The Hall–Kier alpha value is -2.89. The number of rotatable bonds is 3. The Labute approximate surface area is 121 Å². The summed E-state index contributed by atoms with van der Waals surface area (Å²) in [7, 11) is 0. The van der Waals surface area contributed by atoms with Gasteiger partial charge in [0, 0.05) is 6.54 Å². The van der Waals surface area contributed by atoms with Gasteiger partial charge in [-0.15, -0.1) is 0 Å². The van der Waals surface area contributed by atoms with Crippen molar-refractivity contribution in [1.82, 2.24) is 5.32 Å². The minimum absolute atomic E-state index is 0.149. The van der Waals surface area contributed by atoms with Crippen LogP contribution >= 0.6 is 0 Å². The predicted molar refractivity (Wildman–Crippen MR) is 76.3 cm³/mol. The monoisotopic (exact) mass is 286 g/mol. The van der Waals surface area contributed by atoms with Crippen LogP contribution in [-0.4, -0.2) is 17.8 Å². The topological polar surface area (TPSA) is 93.8 Å². The van der Waals surface area contributed by atoms with E-state index in [2.05, 4.69) is 5.32 Å². The molecule has 2 aromatic rings. The highest BCUT2D eigenvalue weighted by atomic mass is 16.7. The number of carbonyl (C=O) groups is 1. The molecule has 1 aliphatic heterocycles. The lowest BCUT2D eigenvalue weighted by Crippen LogP contribution is -2.23. The largest absolute Gasteiger partial charge is 0.505 e. The number of para-hydroxylation sites is 1. The summed E-state index contributed by atoms with van der Waals surface area (Å²) in [5.41, 5.74) is 6.76. The number of fused-ring (bicyclic) bond motifs is 1. The summed E-state index contributed by atoms with van der Waals surface area (Å²) in [6.45, 7) is 0.520. The van der Waals surface area contributed by atoms with Gasteiger partial charge in [0.15, 0.2) is 17.2 Å². The first kappa shape index (κ1) is 13.1. The van der Waals surface area contributed by atoms with Crippen LogP contribution in [0.25, 0.3) is 0 Å². The quantitative estimate of drug-likeness (QED) is 0.589. The van der Waals surface area contributed by atoms with Gasteiger partial charge in [0.2, 0.25) is 6.79 Å².